The van der Waals surface area contributed by atoms with Crippen LogP contribution in [0.15, 0.2) is 12.3 Å². The number of anilines is 1. The molecule has 3 N–H and O–H groups in total. The maximum atomic E-state index is 6.00. The number of nitrogens with one attached hydrogen (secondary N) is 1. The Morgan fingerprint density at radius 3 is 3.06 bits per heavy atom. The maximum Gasteiger partial charge on any atom is 0.128 e. The molecule has 1 aliphatic heterocycles. The van der Waals surface area contributed by atoms with Crippen molar-refractivity contribution in [1.82, 2.24) is 10.3 Å². The Morgan fingerprint density at radius 1 is 1.59 bits per heavy atom. The van der Waals surface area contributed by atoms with E-state index < -0.39 is 0 Å². The molecule has 0 aliphatic carbocycles. The second kappa shape index (κ2) is 6.18. The predicted molar refractivity (Wildman–Crippen MR) is 79.0 cm³/mol. The molecule has 17 heavy (non-hydrogen) atoms. The van der Waals surface area contributed by atoms with Crippen molar-refractivity contribution in [3.05, 3.63) is 22.8 Å². The normalized spacial score (nSPS) is 22.4. The first kappa shape index (κ1) is 13.3. The molecule has 1 fully saturated rings. The summed E-state index contributed by atoms with van der Waals surface area (Å²) in [7, 11) is 1.96. The molecule has 0 spiro atoms. The standard InChI is InChI=1S/C11H16ClN3S2/c1-14-10(9-6-16-2-3-17-9)8-4-7(12)5-15-11(8)13/h4-5,9-10,14H,2-3,6H2,1H3,(H2,13,15). The fourth-order valence-corrected chi connectivity index (χ4v) is 5.02. The van der Waals surface area contributed by atoms with Crippen molar-refractivity contribution in [2.45, 2.75) is 11.3 Å². The van der Waals surface area contributed by atoms with Crippen molar-refractivity contribution >= 4 is 40.9 Å². The Hall–Kier alpha value is -0.100. The zero-order chi connectivity index (χ0) is 12.3. The van der Waals surface area contributed by atoms with Crippen molar-refractivity contribution in [3.63, 3.8) is 0 Å². The monoisotopic (exact) mass is 289 g/mol. The van der Waals surface area contributed by atoms with Crippen LogP contribution in [-0.4, -0.2) is 34.5 Å². The van der Waals surface area contributed by atoms with Crippen LogP contribution in [0.25, 0.3) is 0 Å². The fourth-order valence-electron chi connectivity index (χ4n) is 1.95. The van der Waals surface area contributed by atoms with Gasteiger partial charge in [-0.25, -0.2) is 4.98 Å². The van der Waals surface area contributed by atoms with Gasteiger partial charge in [0.2, 0.25) is 0 Å². The molecule has 2 atom stereocenters. The van der Waals surface area contributed by atoms with Crippen LogP contribution in [0.2, 0.25) is 5.02 Å². The summed E-state index contributed by atoms with van der Waals surface area (Å²) >= 11 is 9.99. The number of rotatable bonds is 3. The molecular weight excluding hydrogens is 274 g/mol. The highest BCUT2D eigenvalue weighted by atomic mass is 35.5. The molecular formula is C11H16ClN3S2. The quantitative estimate of drug-likeness (QED) is 0.895. The van der Waals surface area contributed by atoms with E-state index >= 15 is 0 Å². The lowest BCUT2D eigenvalue weighted by molar-refractivity contribution is 0.592. The molecule has 1 aromatic heterocycles. The molecule has 0 bridgehead atoms. The number of hydrogen-bond donors (Lipinski definition) is 2. The van der Waals surface area contributed by atoms with Gasteiger partial charge < -0.3 is 11.1 Å². The van der Waals surface area contributed by atoms with Crippen molar-refractivity contribution in [2.75, 3.05) is 30.0 Å². The molecule has 1 aliphatic rings. The summed E-state index contributed by atoms with van der Waals surface area (Å²) < 4.78 is 0. The Kier molecular flexibility index (Phi) is 4.85. The first-order valence-electron chi connectivity index (χ1n) is 5.50. The number of hydrogen-bond acceptors (Lipinski definition) is 5. The van der Waals surface area contributed by atoms with E-state index in [0.29, 0.717) is 16.1 Å². The Labute approximate surface area is 115 Å². The molecule has 3 nitrogen and oxygen atoms in total. The summed E-state index contributed by atoms with van der Waals surface area (Å²) in [4.78, 5) is 4.13. The largest absolute Gasteiger partial charge is 0.383 e. The number of nitrogen functional groups attached to an aromatic ring is 1. The van der Waals surface area contributed by atoms with Gasteiger partial charge >= 0.3 is 0 Å². The van der Waals surface area contributed by atoms with E-state index in [2.05, 4.69) is 10.3 Å². The highest BCUT2D eigenvalue weighted by molar-refractivity contribution is 8.06. The van der Waals surface area contributed by atoms with Crippen LogP contribution in [0.1, 0.15) is 11.6 Å². The third-order valence-corrected chi connectivity index (χ3v) is 5.85. The van der Waals surface area contributed by atoms with Gasteiger partial charge in [-0.2, -0.15) is 23.5 Å². The number of halogens is 1. The molecule has 2 heterocycles. The van der Waals surface area contributed by atoms with Crippen molar-refractivity contribution in [2.24, 2.45) is 0 Å². The van der Waals surface area contributed by atoms with Gasteiger partial charge in [-0.15, -0.1) is 0 Å². The number of nitrogens with zero attached hydrogens (tertiary/aromatic N) is 1. The third-order valence-electron chi connectivity index (χ3n) is 2.78. The third kappa shape index (κ3) is 3.22. The van der Waals surface area contributed by atoms with E-state index in [4.69, 9.17) is 17.3 Å². The van der Waals surface area contributed by atoms with Crippen molar-refractivity contribution in [3.8, 4) is 0 Å². The zero-order valence-electron chi connectivity index (χ0n) is 9.65. The van der Waals surface area contributed by atoms with Crippen molar-refractivity contribution in [1.29, 1.82) is 0 Å². The average molecular weight is 290 g/mol. The lowest BCUT2D eigenvalue weighted by Crippen LogP contribution is -2.32. The minimum absolute atomic E-state index is 0.221. The van der Waals surface area contributed by atoms with Crippen LogP contribution in [0, 0.1) is 0 Å². The van der Waals surface area contributed by atoms with Gasteiger partial charge in [0.25, 0.3) is 0 Å². The summed E-state index contributed by atoms with van der Waals surface area (Å²) in [6.45, 7) is 0. The maximum absolute atomic E-state index is 6.00. The minimum atomic E-state index is 0.221. The summed E-state index contributed by atoms with van der Waals surface area (Å²) in [5.41, 5.74) is 6.96. The minimum Gasteiger partial charge on any atom is -0.383 e. The van der Waals surface area contributed by atoms with Crippen LogP contribution in [0.5, 0.6) is 0 Å². The van der Waals surface area contributed by atoms with Crippen LogP contribution in [0.4, 0.5) is 5.82 Å². The highest BCUT2D eigenvalue weighted by Gasteiger charge is 2.26. The number of thioether (sulfide) groups is 2. The summed E-state index contributed by atoms with van der Waals surface area (Å²) in [5.74, 6) is 4.15. The van der Waals surface area contributed by atoms with E-state index in [-0.39, 0.29) is 6.04 Å². The van der Waals surface area contributed by atoms with Gasteiger partial charge in [-0.05, 0) is 13.1 Å². The van der Waals surface area contributed by atoms with E-state index in [0.717, 1.165) is 11.3 Å². The summed E-state index contributed by atoms with van der Waals surface area (Å²) in [6.07, 6.45) is 1.59. The topological polar surface area (TPSA) is 50.9 Å². The Bertz CT molecular complexity index is 383. The zero-order valence-corrected chi connectivity index (χ0v) is 12.0. The SMILES string of the molecule is CNC(c1cc(Cl)cnc1N)C1CSCCS1. The van der Waals surface area contributed by atoms with Gasteiger partial charge in [0.1, 0.15) is 5.82 Å². The average Bonchev–Trinajstić information content (AvgIpc) is 2.36. The van der Waals surface area contributed by atoms with E-state index in [9.17, 15) is 0 Å². The van der Waals surface area contributed by atoms with Crippen LogP contribution in [0.3, 0.4) is 0 Å². The first-order chi connectivity index (χ1) is 8.22. The van der Waals surface area contributed by atoms with Gasteiger partial charge in [0.15, 0.2) is 0 Å². The molecule has 0 saturated carbocycles. The molecule has 1 saturated heterocycles. The lowest BCUT2D eigenvalue weighted by atomic mass is 10.1. The van der Waals surface area contributed by atoms with E-state index in [1.54, 1.807) is 6.20 Å². The number of nitrogens with two attached hydrogens (primary N) is 1. The molecule has 0 aromatic carbocycles. The van der Waals surface area contributed by atoms with Gasteiger partial charge in [0, 0.05) is 40.3 Å². The highest BCUT2D eigenvalue weighted by Crippen LogP contribution is 2.35. The molecule has 2 rings (SSSR count). The molecule has 2 unspecified atom stereocenters. The fraction of sp³-hybridized carbons (Fsp3) is 0.545. The number of pyridine rings is 1. The summed E-state index contributed by atoms with van der Waals surface area (Å²) in [6, 6.07) is 2.14. The van der Waals surface area contributed by atoms with Crippen LogP contribution >= 0.6 is 35.1 Å². The second-order valence-corrected chi connectivity index (χ2v) is 6.81. The van der Waals surface area contributed by atoms with E-state index in [1.165, 1.54) is 11.5 Å². The second-order valence-electron chi connectivity index (χ2n) is 3.88. The van der Waals surface area contributed by atoms with Gasteiger partial charge in [0.05, 0.1) is 5.02 Å². The Balaban J connectivity index is 2.24. The first-order valence-corrected chi connectivity index (χ1v) is 8.08. The van der Waals surface area contributed by atoms with Gasteiger partial charge in [-0.1, -0.05) is 11.6 Å². The molecule has 1 aromatic rings. The van der Waals surface area contributed by atoms with Crippen LogP contribution < -0.4 is 11.1 Å². The molecule has 6 heteroatoms. The van der Waals surface area contributed by atoms with Crippen LogP contribution in [-0.2, 0) is 0 Å². The van der Waals surface area contributed by atoms with Gasteiger partial charge in [-0.3, -0.25) is 0 Å². The lowest BCUT2D eigenvalue weighted by Gasteiger charge is -2.30. The molecule has 94 valence electrons. The molecule has 0 amide bonds. The van der Waals surface area contributed by atoms with E-state index in [1.807, 2.05) is 36.6 Å². The van der Waals surface area contributed by atoms with Crippen molar-refractivity contribution < 1.29 is 0 Å². The smallest absolute Gasteiger partial charge is 0.128 e. The number of aromatic nitrogens is 1. The Morgan fingerprint density at radius 2 is 2.41 bits per heavy atom. The molecule has 0 radical (unpaired) electrons. The summed E-state index contributed by atoms with van der Waals surface area (Å²) in [5, 5.41) is 4.51. The predicted octanol–water partition coefficient (Wildman–Crippen LogP) is 2.43.